The molecule has 0 bridgehead atoms. The van der Waals surface area contributed by atoms with Crippen LogP contribution in [0.5, 0.6) is 0 Å². The minimum atomic E-state index is -0.452. The van der Waals surface area contributed by atoms with Crippen LogP contribution in [0.2, 0.25) is 0 Å². The molecule has 0 radical (unpaired) electrons. The first-order chi connectivity index (χ1) is 4.95. The number of hydrogen-bond acceptors (Lipinski definition) is 3. The van der Waals surface area contributed by atoms with Gasteiger partial charge in [-0.05, 0) is 31.9 Å². The smallest absolute Gasteiger partial charge is 0.122 e. The predicted octanol–water partition coefficient (Wildman–Crippen LogP) is 3.41. The Labute approximate surface area is 77.9 Å². The molecule has 0 amide bonds. The molecule has 0 aromatic rings. The van der Waals surface area contributed by atoms with E-state index < -0.39 is 5.60 Å². The molecule has 0 aromatic carbocycles. The van der Waals surface area contributed by atoms with Gasteiger partial charge in [0.2, 0.25) is 0 Å². The molecule has 0 unspecified atom stereocenters. The summed E-state index contributed by atoms with van der Waals surface area (Å²) in [6.45, 7) is 13.4. The van der Waals surface area contributed by atoms with Crippen LogP contribution >= 0.6 is 22.7 Å². The van der Waals surface area contributed by atoms with Crippen molar-refractivity contribution in [3.8, 4) is 0 Å². The first-order valence-electron chi connectivity index (χ1n) is 3.26. The molecule has 0 aliphatic rings. The van der Waals surface area contributed by atoms with E-state index in [0.29, 0.717) is 0 Å². The van der Waals surface area contributed by atoms with Gasteiger partial charge in [-0.15, -0.1) is 0 Å². The van der Waals surface area contributed by atoms with E-state index in [1.165, 1.54) is 0 Å². The maximum absolute atomic E-state index is 5.33. The number of thiol groups is 1. The molecule has 0 spiro atoms. The maximum Gasteiger partial charge on any atom is 0.122 e. The molecule has 11 heavy (non-hydrogen) atoms. The Hall–Kier alpha value is 0.140. The lowest BCUT2D eigenvalue weighted by molar-refractivity contribution is 0.208. The topological polar surface area (TPSA) is 9.23 Å². The van der Waals surface area contributed by atoms with Gasteiger partial charge in [0.25, 0.3) is 0 Å². The van der Waals surface area contributed by atoms with Crippen LogP contribution in [0.4, 0.5) is 0 Å². The minimum Gasteiger partial charge on any atom is -0.290 e. The van der Waals surface area contributed by atoms with Crippen molar-refractivity contribution in [2.45, 2.75) is 26.4 Å². The van der Waals surface area contributed by atoms with Gasteiger partial charge in [0.1, 0.15) is 5.60 Å². The fourth-order valence-corrected chi connectivity index (χ4v) is 1.46. The first kappa shape index (κ1) is 11.1. The summed E-state index contributed by atoms with van der Waals surface area (Å²) in [6.07, 6.45) is 0. The molecule has 3 heteroatoms. The van der Waals surface area contributed by atoms with Crippen LogP contribution < -0.4 is 0 Å². The Kier molecular flexibility index (Phi) is 4.29. The SMILES string of the molecule is C=C(C)C(C)(OSS)C(=C)C. The summed E-state index contributed by atoms with van der Waals surface area (Å²) in [6, 6.07) is 0. The molecule has 0 aliphatic carbocycles. The van der Waals surface area contributed by atoms with Crippen molar-refractivity contribution in [1.82, 2.24) is 0 Å². The van der Waals surface area contributed by atoms with Crippen LogP contribution in [0.3, 0.4) is 0 Å². The van der Waals surface area contributed by atoms with Crippen molar-refractivity contribution in [3.05, 3.63) is 24.3 Å². The van der Waals surface area contributed by atoms with Gasteiger partial charge in [-0.1, -0.05) is 24.8 Å². The third-order valence-corrected chi connectivity index (χ3v) is 2.46. The lowest BCUT2D eigenvalue weighted by atomic mass is 9.92. The quantitative estimate of drug-likeness (QED) is 0.315. The van der Waals surface area contributed by atoms with Crippen molar-refractivity contribution >= 4 is 22.7 Å². The molecule has 0 heterocycles. The molecule has 0 aliphatic heterocycles. The summed E-state index contributed by atoms with van der Waals surface area (Å²) in [5, 5.41) is 0. The Morgan fingerprint density at radius 1 is 1.36 bits per heavy atom. The molecular formula is C8H14OS2. The lowest BCUT2D eigenvalue weighted by Crippen LogP contribution is -2.27. The predicted molar refractivity (Wildman–Crippen MR) is 55.7 cm³/mol. The van der Waals surface area contributed by atoms with E-state index in [1.807, 2.05) is 20.8 Å². The molecule has 0 rings (SSSR count). The maximum atomic E-state index is 5.33. The summed E-state index contributed by atoms with van der Waals surface area (Å²) in [4.78, 5) is 0. The summed E-state index contributed by atoms with van der Waals surface area (Å²) in [7, 11) is 0. The van der Waals surface area contributed by atoms with Crippen LogP contribution in [0.25, 0.3) is 0 Å². The largest absolute Gasteiger partial charge is 0.290 e. The Bertz CT molecular complexity index is 161. The fourth-order valence-electron chi connectivity index (χ4n) is 0.581. The van der Waals surface area contributed by atoms with Gasteiger partial charge < -0.3 is 0 Å². The zero-order valence-electron chi connectivity index (χ0n) is 7.18. The Balaban J connectivity index is 4.52. The van der Waals surface area contributed by atoms with Gasteiger partial charge in [0, 0.05) is 0 Å². The normalized spacial score (nSPS) is 11.3. The van der Waals surface area contributed by atoms with Crippen molar-refractivity contribution in [2.75, 3.05) is 0 Å². The fraction of sp³-hybridized carbons (Fsp3) is 0.500. The van der Waals surface area contributed by atoms with E-state index in [0.717, 1.165) is 22.2 Å². The van der Waals surface area contributed by atoms with Crippen LogP contribution in [0.15, 0.2) is 24.3 Å². The van der Waals surface area contributed by atoms with E-state index >= 15 is 0 Å². The van der Waals surface area contributed by atoms with Gasteiger partial charge in [-0.3, -0.25) is 4.18 Å². The highest BCUT2D eigenvalue weighted by Gasteiger charge is 2.27. The Morgan fingerprint density at radius 2 is 1.73 bits per heavy atom. The molecule has 0 saturated carbocycles. The minimum absolute atomic E-state index is 0.452. The van der Waals surface area contributed by atoms with Crippen molar-refractivity contribution in [2.24, 2.45) is 0 Å². The van der Waals surface area contributed by atoms with Gasteiger partial charge in [0.15, 0.2) is 0 Å². The third-order valence-electron chi connectivity index (χ3n) is 1.83. The van der Waals surface area contributed by atoms with E-state index in [9.17, 15) is 0 Å². The monoisotopic (exact) mass is 190 g/mol. The lowest BCUT2D eigenvalue weighted by Gasteiger charge is -2.28. The number of rotatable bonds is 4. The molecule has 0 fully saturated rings. The van der Waals surface area contributed by atoms with Gasteiger partial charge >= 0.3 is 0 Å². The van der Waals surface area contributed by atoms with E-state index in [1.54, 1.807) is 0 Å². The first-order valence-corrected chi connectivity index (χ1v) is 5.05. The molecule has 0 N–H and O–H groups in total. The van der Waals surface area contributed by atoms with Crippen LogP contribution in [-0.4, -0.2) is 5.60 Å². The third kappa shape index (κ3) is 2.58. The highest BCUT2D eigenvalue weighted by Crippen LogP contribution is 2.32. The molecular weight excluding hydrogens is 176 g/mol. The number of hydrogen-bond donors (Lipinski definition) is 1. The van der Waals surface area contributed by atoms with Gasteiger partial charge in [0.05, 0.1) is 11.1 Å². The van der Waals surface area contributed by atoms with Gasteiger partial charge in [-0.2, -0.15) is 0 Å². The summed E-state index contributed by atoms with van der Waals surface area (Å²) >= 11 is 4.95. The van der Waals surface area contributed by atoms with Crippen molar-refractivity contribution in [1.29, 1.82) is 0 Å². The second kappa shape index (κ2) is 4.24. The second-order valence-corrected chi connectivity index (χ2v) is 3.51. The molecule has 0 atom stereocenters. The van der Waals surface area contributed by atoms with Crippen LogP contribution in [0, 0.1) is 0 Å². The van der Waals surface area contributed by atoms with Crippen LogP contribution in [0.1, 0.15) is 20.8 Å². The van der Waals surface area contributed by atoms with E-state index in [2.05, 4.69) is 24.8 Å². The standard InChI is InChI=1S/C8H14OS2/c1-6(2)8(5,7(3)4)9-11-10/h10H,1,3H2,2,4-5H3. The molecule has 0 aromatic heterocycles. The average Bonchev–Trinajstić information content (AvgIpc) is 1.87. The molecule has 64 valence electrons. The molecule has 1 nitrogen and oxygen atoms in total. The highest BCUT2D eigenvalue weighted by molar-refractivity contribution is 8.66. The second-order valence-electron chi connectivity index (χ2n) is 2.75. The van der Waals surface area contributed by atoms with E-state index in [-0.39, 0.29) is 0 Å². The zero-order chi connectivity index (χ0) is 9.07. The summed E-state index contributed by atoms with van der Waals surface area (Å²) in [5.74, 6) is 0. The average molecular weight is 190 g/mol. The van der Waals surface area contributed by atoms with E-state index in [4.69, 9.17) is 4.18 Å². The molecule has 0 saturated heterocycles. The summed E-state index contributed by atoms with van der Waals surface area (Å²) < 4.78 is 5.33. The Morgan fingerprint density at radius 3 is 1.82 bits per heavy atom. The van der Waals surface area contributed by atoms with Gasteiger partial charge in [-0.25, -0.2) is 0 Å². The highest BCUT2D eigenvalue weighted by atomic mass is 33.1. The zero-order valence-corrected chi connectivity index (χ0v) is 8.89. The van der Waals surface area contributed by atoms with Crippen molar-refractivity contribution < 1.29 is 4.18 Å². The van der Waals surface area contributed by atoms with Crippen LogP contribution in [-0.2, 0) is 4.18 Å². The summed E-state index contributed by atoms with van der Waals surface area (Å²) in [5.41, 5.74) is 1.42. The van der Waals surface area contributed by atoms with Crippen molar-refractivity contribution in [3.63, 3.8) is 0 Å².